The Kier molecular flexibility index (Phi) is 0.981. The van der Waals surface area contributed by atoms with Crippen LogP contribution in [0.15, 0.2) is 0 Å². The third-order valence-electron chi connectivity index (χ3n) is 2.64. The lowest BCUT2D eigenvalue weighted by Crippen LogP contribution is -2.03. The minimum atomic E-state index is 1.11. The molecule has 3 rings (SSSR count). The second-order valence-corrected chi connectivity index (χ2v) is 6.07. The van der Waals surface area contributed by atoms with Gasteiger partial charge in [0.25, 0.3) is 0 Å². The molecule has 0 aromatic heterocycles. The third-order valence-corrected chi connectivity index (χ3v) is 5.17. The lowest BCUT2D eigenvalue weighted by molar-refractivity contribution is 0.570. The Bertz CT molecular complexity index is 132. The molecule has 2 heterocycles. The summed E-state index contributed by atoms with van der Waals surface area (Å²) in [5.41, 5.74) is 0. The molecule has 1 aliphatic carbocycles. The molecule has 0 N–H and O–H groups in total. The van der Waals surface area contributed by atoms with Crippen LogP contribution in [0, 0.1) is 5.92 Å². The van der Waals surface area contributed by atoms with Crippen LogP contribution in [0.2, 0.25) is 0 Å². The highest BCUT2D eigenvalue weighted by Gasteiger charge is 2.51. The third kappa shape index (κ3) is 0.829. The molecule has 0 radical (unpaired) electrons. The summed E-state index contributed by atoms with van der Waals surface area (Å²) in [6.07, 6.45) is 3.12. The van der Waals surface area contributed by atoms with E-state index >= 15 is 0 Å². The van der Waals surface area contributed by atoms with E-state index in [0.717, 1.165) is 21.7 Å². The highest BCUT2D eigenvalue weighted by atomic mass is 32.2. The van der Waals surface area contributed by atoms with Crippen molar-refractivity contribution < 1.29 is 0 Å². The fraction of sp³-hybridized carbons (Fsp3) is 1.00. The summed E-state index contributed by atoms with van der Waals surface area (Å²) < 4.78 is 0. The zero-order chi connectivity index (χ0) is 5.84. The topological polar surface area (TPSA) is 0 Å². The first-order chi connectivity index (χ1) is 4.43. The summed E-state index contributed by atoms with van der Waals surface area (Å²) in [4.78, 5) is 0. The SMILES string of the molecule is C1SC1C1CC2SC2C1. The molecule has 0 nitrogen and oxygen atoms in total. The molecule has 0 bridgehead atoms. The van der Waals surface area contributed by atoms with Crippen molar-refractivity contribution in [2.24, 2.45) is 5.92 Å². The van der Waals surface area contributed by atoms with Crippen LogP contribution >= 0.6 is 23.5 Å². The van der Waals surface area contributed by atoms with Gasteiger partial charge >= 0.3 is 0 Å². The number of hydrogen-bond acceptors (Lipinski definition) is 2. The van der Waals surface area contributed by atoms with Gasteiger partial charge in [0, 0.05) is 21.5 Å². The number of fused-ring (bicyclic) bond motifs is 1. The maximum Gasteiger partial charge on any atom is 0.0172 e. The fourth-order valence-electron chi connectivity index (χ4n) is 1.92. The van der Waals surface area contributed by atoms with Crippen molar-refractivity contribution in [3.8, 4) is 0 Å². The van der Waals surface area contributed by atoms with Crippen LogP contribution in [0.4, 0.5) is 0 Å². The van der Waals surface area contributed by atoms with Crippen molar-refractivity contribution in [1.82, 2.24) is 0 Å². The summed E-state index contributed by atoms with van der Waals surface area (Å²) in [7, 11) is 0. The van der Waals surface area contributed by atoms with Gasteiger partial charge < -0.3 is 0 Å². The average Bonchev–Trinajstić information content (AvgIpc) is 2.72. The Morgan fingerprint density at radius 1 is 1.00 bits per heavy atom. The molecule has 0 amide bonds. The van der Waals surface area contributed by atoms with Gasteiger partial charge in [-0.1, -0.05) is 0 Å². The van der Waals surface area contributed by atoms with Crippen LogP contribution in [-0.4, -0.2) is 21.5 Å². The first kappa shape index (κ1) is 5.36. The van der Waals surface area contributed by atoms with Crippen LogP contribution in [0.25, 0.3) is 0 Å². The number of hydrogen-bond donors (Lipinski definition) is 0. The van der Waals surface area contributed by atoms with Crippen molar-refractivity contribution >= 4 is 23.5 Å². The first-order valence-electron chi connectivity index (χ1n) is 3.70. The maximum atomic E-state index is 2.22. The van der Waals surface area contributed by atoms with E-state index in [1.807, 2.05) is 0 Å². The summed E-state index contributed by atoms with van der Waals surface area (Å²) in [5, 5.41) is 3.35. The van der Waals surface area contributed by atoms with E-state index in [4.69, 9.17) is 0 Å². The quantitative estimate of drug-likeness (QED) is 0.535. The van der Waals surface area contributed by atoms with E-state index in [9.17, 15) is 0 Å². The monoisotopic (exact) mass is 158 g/mol. The first-order valence-corrected chi connectivity index (χ1v) is 5.70. The Morgan fingerprint density at radius 3 is 2.22 bits per heavy atom. The molecule has 0 spiro atoms. The molecule has 50 valence electrons. The van der Waals surface area contributed by atoms with Crippen LogP contribution in [-0.2, 0) is 0 Å². The van der Waals surface area contributed by atoms with Crippen LogP contribution in [0.5, 0.6) is 0 Å². The molecule has 9 heavy (non-hydrogen) atoms. The Labute approximate surface area is 64.2 Å². The molecule has 2 saturated heterocycles. The lowest BCUT2D eigenvalue weighted by atomic mass is 10.1. The molecular formula is C7H10S2. The predicted octanol–water partition coefficient (Wildman–Crippen LogP) is 2.00. The van der Waals surface area contributed by atoms with Gasteiger partial charge in [0.15, 0.2) is 0 Å². The van der Waals surface area contributed by atoms with Gasteiger partial charge in [-0.3, -0.25) is 0 Å². The molecular weight excluding hydrogens is 148 g/mol. The van der Waals surface area contributed by atoms with E-state index in [2.05, 4.69) is 23.5 Å². The van der Waals surface area contributed by atoms with Crippen molar-refractivity contribution in [3.63, 3.8) is 0 Å². The average molecular weight is 158 g/mol. The molecule has 0 aromatic rings. The van der Waals surface area contributed by atoms with E-state index in [1.54, 1.807) is 12.8 Å². The molecule has 3 unspecified atom stereocenters. The van der Waals surface area contributed by atoms with Crippen LogP contribution < -0.4 is 0 Å². The van der Waals surface area contributed by atoms with Crippen molar-refractivity contribution in [1.29, 1.82) is 0 Å². The van der Waals surface area contributed by atoms with E-state index in [-0.39, 0.29) is 0 Å². The molecule has 3 fully saturated rings. The van der Waals surface area contributed by atoms with Gasteiger partial charge in [0.05, 0.1) is 0 Å². The zero-order valence-corrected chi connectivity index (χ0v) is 6.88. The summed E-state index contributed by atoms with van der Waals surface area (Å²) in [5.74, 6) is 2.63. The van der Waals surface area contributed by atoms with E-state index in [1.165, 1.54) is 5.75 Å². The van der Waals surface area contributed by atoms with Crippen LogP contribution in [0.1, 0.15) is 12.8 Å². The Hall–Kier alpha value is 0.700. The van der Waals surface area contributed by atoms with E-state index < -0.39 is 0 Å². The minimum absolute atomic E-state index is 1.11. The molecule has 1 saturated carbocycles. The fourth-order valence-corrected chi connectivity index (χ4v) is 4.09. The number of thioether (sulfide) groups is 2. The number of rotatable bonds is 1. The van der Waals surface area contributed by atoms with Crippen molar-refractivity contribution in [2.75, 3.05) is 5.75 Å². The summed E-state index contributed by atoms with van der Waals surface area (Å²) in [6.45, 7) is 0. The molecule has 3 atom stereocenters. The smallest absolute Gasteiger partial charge is 0.0172 e. The molecule has 2 aliphatic heterocycles. The van der Waals surface area contributed by atoms with Gasteiger partial charge in [-0.25, -0.2) is 0 Å². The lowest BCUT2D eigenvalue weighted by Gasteiger charge is -2.05. The van der Waals surface area contributed by atoms with Crippen molar-refractivity contribution in [3.05, 3.63) is 0 Å². The van der Waals surface area contributed by atoms with Gasteiger partial charge in [-0.05, 0) is 18.8 Å². The summed E-state index contributed by atoms with van der Waals surface area (Å²) in [6, 6.07) is 0. The molecule has 0 aromatic carbocycles. The predicted molar refractivity (Wildman–Crippen MR) is 44.1 cm³/mol. The van der Waals surface area contributed by atoms with Crippen LogP contribution in [0.3, 0.4) is 0 Å². The highest BCUT2D eigenvalue weighted by Crippen LogP contribution is 2.59. The van der Waals surface area contributed by atoms with Gasteiger partial charge in [0.1, 0.15) is 0 Å². The standard InChI is InChI=1S/C7H10S2/c1-4(7-3-8-7)2-6-5(1)9-6/h4-7H,1-3H2. The largest absolute Gasteiger partial charge is 0.156 e. The minimum Gasteiger partial charge on any atom is -0.156 e. The second kappa shape index (κ2) is 1.65. The second-order valence-electron chi connectivity index (χ2n) is 3.32. The van der Waals surface area contributed by atoms with Crippen molar-refractivity contribution in [2.45, 2.75) is 28.6 Å². The highest BCUT2D eigenvalue weighted by molar-refractivity contribution is 8.08. The van der Waals surface area contributed by atoms with Gasteiger partial charge in [-0.15, -0.1) is 0 Å². The van der Waals surface area contributed by atoms with Gasteiger partial charge in [-0.2, -0.15) is 23.5 Å². The maximum absolute atomic E-state index is 2.22. The summed E-state index contributed by atoms with van der Waals surface area (Å²) >= 11 is 4.40. The Morgan fingerprint density at radius 2 is 1.67 bits per heavy atom. The van der Waals surface area contributed by atoms with Gasteiger partial charge in [0.2, 0.25) is 0 Å². The molecule has 2 heteroatoms. The van der Waals surface area contributed by atoms with E-state index in [0.29, 0.717) is 0 Å². The zero-order valence-electron chi connectivity index (χ0n) is 5.25. The Balaban J connectivity index is 1.69. The normalized spacial score (nSPS) is 61.3. The molecule has 3 aliphatic rings.